The van der Waals surface area contributed by atoms with Gasteiger partial charge in [-0.3, -0.25) is 4.79 Å². The van der Waals surface area contributed by atoms with E-state index in [4.69, 9.17) is 10.8 Å². The summed E-state index contributed by atoms with van der Waals surface area (Å²) in [5, 5.41) is 5.02. The molecule has 1 fully saturated rings. The molecule has 0 radical (unpaired) electrons. The first kappa shape index (κ1) is 23.8. The molecule has 0 spiro atoms. The maximum Gasteiger partial charge on any atom is 0.246 e. The van der Waals surface area contributed by atoms with Gasteiger partial charge in [0.2, 0.25) is 15.9 Å². The van der Waals surface area contributed by atoms with E-state index in [9.17, 15) is 13.2 Å². The fourth-order valence-corrected chi connectivity index (χ4v) is 4.77. The van der Waals surface area contributed by atoms with Crippen LogP contribution in [-0.4, -0.2) is 57.3 Å². The molecule has 1 amide bonds. The Balaban J connectivity index is 1.66. The first-order valence-electron chi connectivity index (χ1n) is 11.2. The quantitative estimate of drug-likeness (QED) is 0.492. The standard InChI is InChI=1S/C23H29N7O3S/c1-4-19(31)29-11-5-6-18(13-29)30-23-20(22(24)25-14-26-23)21(28-30)17-9-7-16(8-10-17)12-27-34(32,33)15(2)3/h4,7-10,14-15,18,27H,1,5-6,11-13H2,2-3H3,(H2,24,25,26)/t18-/m1/s1. The number of nitrogens with two attached hydrogens (primary N) is 1. The number of carbonyl (C=O) groups is 1. The van der Waals surface area contributed by atoms with Gasteiger partial charge in [0, 0.05) is 25.2 Å². The van der Waals surface area contributed by atoms with Crippen LogP contribution in [0.1, 0.15) is 38.3 Å². The Labute approximate surface area is 198 Å². The van der Waals surface area contributed by atoms with Gasteiger partial charge in [-0.1, -0.05) is 30.8 Å². The van der Waals surface area contributed by atoms with Crippen LogP contribution in [0, 0.1) is 0 Å². The summed E-state index contributed by atoms with van der Waals surface area (Å²) in [5.41, 5.74) is 9.14. The van der Waals surface area contributed by atoms with Gasteiger partial charge in [-0.15, -0.1) is 0 Å². The van der Waals surface area contributed by atoms with E-state index in [0.717, 1.165) is 24.0 Å². The van der Waals surface area contributed by atoms with Gasteiger partial charge < -0.3 is 10.6 Å². The fourth-order valence-electron chi connectivity index (χ4n) is 4.07. The van der Waals surface area contributed by atoms with Crippen LogP contribution >= 0.6 is 0 Å². The second-order valence-electron chi connectivity index (χ2n) is 8.65. The fraction of sp³-hybridized carbons (Fsp3) is 0.391. The highest BCUT2D eigenvalue weighted by molar-refractivity contribution is 7.90. The number of nitrogen functional groups attached to an aromatic ring is 1. The van der Waals surface area contributed by atoms with Crippen LogP contribution in [0.2, 0.25) is 0 Å². The van der Waals surface area contributed by atoms with Gasteiger partial charge >= 0.3 is 0 Å². The van der Waals surface area contributed by atoms with E-state index >= 15 is 0 Å². The number of aromatic nitrogens is 4. The summed E-state index contributed by atoms with van der Waals surface area (Å²) in [6.45, 7) is 8.27. The van der Waals surface area contributed by atoms with Crippen LogP contribution < -0.4 is 10.5 Å². The van der Waals surface area contributed by atoms with Crippen molar-refractivity contribution in [1.82, 2.24) is 29.4 Å². The molecular weight excluding hydrogens is 454 g/mol. The van der Waals surface area contributed by atoms with Gasteiger partial charge in [-0.05, 0) is 38.3 Å². The van der Waals surface area contributed by atoms with E-state index in [1.54, 1.807) is 18.7 Å². The lowest BCUT2D eigenvalue weighted by molar-refractivity contribution is -0.127. The maximum atomic E-state index is 12.2. The molecule has 1 atom stereocenters. The number of fused-ring (bicyclic) bond motifs is 1. The molecule has 1 aromatic carbocycles. The molecule has 4 rings (SSSR count). The molecule has 11 heteroatoms. The van der Waals surface area contributed by atoms with Gasteiger partial charge in [0.1, 0.15) is 17.8 Å². The number of carbonyl (C=O) groups excluding carboxylic acids is 1. The Hall–Kier alpha value is -3.31. The topological polar surface area (TPSA) is 136 Å². The molecule has 180 valence electrons. The molecule has 1 aliphatic rings. The number of hydrogen-bond acceptors (Lipinski definition) is 7. The molecule has 34 heavy (non-hydrogen) atoms. The molecule has 1 saturated heterocycles. The number of nitrogens with zero attached hydrogens (tertiary/aromatic N) is 5. The minimum absolute atomic E-state index is 0.0482. The summed E-state index contributed by atoms with van der Waals surface area (Å²) in [6.07, 6.45) is 4.45. The summed E-state index contributed by atoms with van der Waals surface area (Å²) in [6, 6.07) is 7.42. The van der Waals surface area contributed by atoms with Crippen LogP contribution in [0.15, 0.2) is 43.2 Å². The molecule has 3 N–H and O–H groups in total. The third-order valence-electron chi connectivity index (χ3n) is 6.07. The smallest absolute Gasteiger partial charge is 0.246 e. The van der Waals surface area contributed by atoms with E-state index in [2.05, 4.69) is 21.3 Å². The Morgan fingerprint density at radius 2 is 2.03 bits per heavy atom. The van der Waals surface area contributed by atoms with Crippen LogP contribution in [0.25, 0.3) is 22.3 Å². The van der Waals surface area contributed by atoms with Crippen LogP contribution in [0.4, 0.5) is 5.82 Å². The van der Waals surface area contributed by atoms with Gasteiger partial charge in [-0.25, -0.2) is 27.8 Å². The van der Waals surface area contributed by atoms with Gasteiger partial charge in [0.25, 0.3) is 0 Å². The molecule has 3 heterocycles. The third-order valence-corrected chi connectivity index (χ3v) is 7.86. The van der Waals surface area contributed by atoms with Crippen molar-refractivity contribution < 1.29 is 13.2 Å². The number of benzene rings is 1. The Morgan fingerprint density at radius 3 is 2.71 bits per heavy atom. The molecule has 2 aromatic heterocycles. The van der Waals surface area contributed by atoms with E-state index in [1.165, 1.54) is 12.4 Å². The van der Waals surface area contributed by atoms with Crippen LogP contribution in [0.5, 0.6) is 0 Å². The largest absolute Gasteiger partial charge is 0.383 e. The SMILES string of the molecule is C=CC(=O)N1CCC[C@@H](n2nc(-c3ccc(CNS(=O)(=O)C(C)C)cc3)c3c(N)ncnc32)C1. The number of sulfonamides is 1. The van der Waals surface area contributed by atoms with Crippen molar-refractivity contribution in [3.63, 3.8) is 0 Å². The van der Waals surface area contributed by atoms with Crippen molar-refractivity contribution in [2.75, 3.05) is 18.8 Å². The minimum atomic E-state index is -3.35. The Morgan fingerprint density at radius 1 is 1.29 bits per heavy atom. The molecule has 0 aliphatic carbocycles. The second kappa shape index (κ2) is 9.51. The van der Waals surface area contributed by atoms with E-state index in [0.29, 0.717) is 35.6 Å². The minimum Gasteiger partial charge on any atom is -0.383 e. The van der Waals surface area contributed by atoms with Crippen LogP contribution in [0.3, 0.4) is 0 Å². The molecule has 10 nitrogen and oxygen atoms in total. The average Bonchev–Trinajstić information content (AvgIpc) is 3.23. The first-order valence-corrected chi connectivity index (χ1v) is 12.7. The summed E-state index contributed by atoms with van der Waals surface area (Å²) >= 11 is 0. The predicted molar refractivity (Wildman–Crippen MR) is 131 cm³/mol. The predicted octanol–water partition coefficient (Wildman–Crippen LogP) is 2.25. The Bertz CT molecular complexity index is 1320. The number of rotatable bonds is 7. The zero-order chi connectivity index (χ0) is 24.5. The number of likely N-dealkylation sites (tertiary alicyclic amines) is 1. The molecule has 0 bridgehead atoms. The molecular formula is C23H29N7O3S. The number of nitrogens with one attached hydrogen (secondary N) is 1. The maximum absolute atomic E-state index is 12.2. The van der Waals surface area contributed by atoms with Crippen molar-refractivity contribution >= 4 is 32.8 Å². The van der Waals surface area contributed by atoms with Crippen molar-refractivity contribution in [2.45, 2.75) is 44.5 Å². The Kier molecular flexibility index (Phi) is 6.67. The van der Waals surface area contributed by atoms with Gasteiger partial charge in [0.05, 0.1) is 16.7 Å². The molecule has 1 aliphatic heterocycles. The highest BCUT2D eigenvalue weighted by Gasteiger charge is 2.28. The van der Waals surface area contributed by atoms with E-state index < -0.39 is 15.3 Å². The number of anilines is 1. The van der Waals surface area contributed by atoms with Crippen LogP contribution in [-0.2, 0) is 21.4 Å². The molecule has 0 saturated carbocycles. The number of amides is 1. The van der Waals surface area contributed by atoms with Gasteiger partial charge in [-0.2, -0.15) is 5.10 Å². The zero-order valence-corrected chi connectivity index (χ0v) is 20.1. The van der Waals surface area contributed by atoms with Crippen molar-refractivity contribution in [3.8, 4) is 11.3 Å². The lowest BCUT2D eigenvalue weighted by Crippen LogP contribution is -2.40. The number of hydrogen-bond donors (Lipinski definition) is 2. The zero-order valence-electron chi connectivity index (χ0n) is 19.3. The lowest BCUT2D eigenvalue weighted by atomic mass is 10.1. The molecule has 3 aromatic rings. The summed E-state index contributed by atoms with van der Waals surface area (Å²) in [7, 11) is -3.35. The van der Waals surface area contributed by atoms with Crippen molar-refractivity contribution in [3.05, 3.63) is 48.8 Å². The summed E-state index contributed by atoms with van der Waals surface area (Å²) in [5.74, 6) is 0.231. The summed E-state index contributed by atoms with van der Waals surface area (Å²) < 4.78 is 28.5. The highest BCUT2D eigenvalue weighted by Crippen LogP contribution is 2.33. The normalized spacial score (nSPS) is 16.8. The average molecular weight is 484 g/mol. The lowest BCUT2D eigenvalue weighted by Gasteiger charge is -2.32. The van der Waals surface area contributed by atoms with Crippen molar-refractivity contribution in [1.29, 1.82) is 0 Å². The molecule has 0 unspecified atom stereocenters. The van der Waals surface area contributed by atoms with Gasteiger partial charge in [0.15, 0.2) is 5.65 Å². The van der Waals surface area contributed by atoms with Crippen molar-refractivity contribution in [2.24, 2.45) is 0 Å². The highest BCUT2D eigenvalue weighted by atomic mass is 32.2. The van der Waals surface area contributed by atoms with E-state index in [1.807, 2.05) is 28.9 Å². The monoisotopic (exact) mass is 483 g/mol. The first-order chi connectivity index (χ1) is 16.2. The number of piperidine rings is 1. The van der Waals surface area contributed by atoms with E-state index in [-0.39, 0.29) is 18.5 Å². The third kappa shape index (κ3) is 4.66. The second-order valence-corrected chi connectivity index (χ2v) is 11.0. The summed E-state index contributed by atoms with van der Waals surface area (Å²) in [4.78, 5) is 22.5.